The third kappa shape index (κ3) is 3.27. The van der Waals surface area contributed by atoms with Crippen LogP contribution in [0.1, 0.15) is 30.4 Å². The van der Waals surface area contributed by atoms with Crippen molar-refractivity contribution < 1.29 is 14.3 Å². The lowest BCUT2D eigenvalue weighted by atomic mass is 10.0. The summed E-state index contributed by atoms with van der Waals surface area (Å²) in [6.45, 7) is 7.08. The van der Waals surface area contributed by atoms with Crippen LogP contribution in [0, 0.1) is 19.8 Å². The number of hydrogen-bond donors (Lipinski definition) is 0. The molecular weight excluding hydrogens is 278 g/mol. The lowest BCUT2D eigenvalue weighted by Gasteiger charge is -2.34. The SMILES string of the molecule is Cc1cccc(C)c1OC1CCN(C(=O)C2CCOC2)CC1. The van der Waals surface area contributed by atoms with Gasteiger partial charge in [-0.2, -0.15) is 0 Å². The summed E-state index contributed by atoms with van der Waals surface area (Å²) in [5, 5.41) is 0. The van der Waals surface area contributed by atoms with Crippen molar-refractivity contribution in [3.8, 4) is 5.75 Å². The van der Waals surface area contributed by atoms with Gasteiger partial charge in [0.1, 0.15) is 11.9 Å². The van der Waals surface area contributed by atoms with E-state index in [4.69, 9.17) is 9.47 Å². The summed E-state index contributed by atoms with van der Waals surface area (Å²) in [6.07, 6.45) is 2.90. The molecule has 2 aliphatic rings. The first-order valence-corrected chi connectivity index (χ1v) is 8.24. The minimum atomic E-state index is 0.0797. The minimum absolute atomic E-state index is 0.0797. The van der Waals surface area contributed by atoms with E-state index in [1.807, 2.05) is 4.90 Å². The van der Waals surface area contributed by atoms with Gasteiger partial charge >= 0.3 is 0 Å². The molecule has 0 N–H and O–H groups in total. The van der Waals surface area contributed by atoms with Gasteiger partial charge in [0.05, 0.1) is 12.5 Å². The van der Waals surface area contributed by atoms with E-state index in [0.717, 1.165) is 44.7 Å². The van der Waals surface area contributed by atoms with Crippen molar-refractivity contribution in [2.45, 2.75) is 39.2 Å². The summed E-state index contributed by atoms with van der Waals surface area (Å²) >= 11 is 0. The van der Waals surface area contributed by atoms with Gasteiger partial charge in [0.25, 0.3) is 0 Å². The van der Waals surface area contributed by atoms with Crippen molar-refractivity contribution in [1.29, 1.82) is 0 Å². The zero-order valence-electron chi connectivity index (χ0n) is 13.5. The highest BCUT2D eigenvalue weighted by molar-refractivity contribution is 5.79. The predicted octanol–water partition coefficient (Wildman–Crippen LogP) is 2.71. The van der Waals surface area contributed by atoms with E-state index in [9.17, 15) is 4.79 Å². The molecule has 0 radical (unpaired) electrons. The third-order valence-corrected chi connectivity index (χ3v) is 4.73. The smallest absolute Gasteiger partial charge is 0.228 e. The molecule has 3 rings (SSSR count). The molecule has 4 heteroatoms. The van der Waals surface area contributed by atoms with Crippen LogP contribution < -0.4 is 4.74 Å². The van der Waals surface area contributed by atoms with E-state index < -0.39 is 0 Å². The van der Waals surface area contributed by atoms with E-state index in [1.165, 1.54) is 11.1 Å². The second-order valence-corrected chi connectivity index (χ2v) is 6.42. The van der Waals surface area contributed by atoms with E-state index in [1.54, 1.807) is 0 Å². The average Bonchev–Trinajstić information content (AvgIpc) is 3.05. The molecule has 2 saturated heterocycles. The summed E-state index contributed by atoms with van der Waals surface area (Å²) in [6, 6.07) is 6.23. The number of amides is 1. The molecule has 120 valence electrons. The summed E-state index contributed by atoms with van der Waals surface area (Å²) in [7, 11) is 0. The molecule has 0 aromatic heterocycles. The molecule has 0 saturated carbocycles. The standard InChI is InChI=1S/C18H25NO3/c1-13-4-3-5-14(2)17(13)22-16-6-9-19(10-7-16)18(20)15-8-11-21-12-15/h3-5,15-16H,6-12H2,1-2H3. The highest BCUT2D eigenvalue weighted by Crippen LogP contribution is 2.27. The molecule has 0 aliphatic carbocycles. The number of carbonyl (C=O) groups excluding carboxylic acids is 1. The number of piperidine rings is 1. The maximum Gasteiger partial charge on any atom is 0.228 e. The van der Waals surface area contributed by atoms with Gasteiger partial charge in [0.2, 0.25) is 5.91 Å². The van der Waals surface area contributed by atoms with Crippen LogP contribution in [0.25, 0.3) is 0 Å². The van der Waals surface area contributed by atoms with Crippen LogP contribution in [0.3, 0.4) is 0 Å². The Bertz CT molecular complexity index is 509. The van der Waals surface area contributed by atoms with Crippen LogP contribution >= 0.6 is 0 Å². The fourth-order valence-corrected chi connectivity index (χ4v) is 3.33. The molecule has 1 atom stereocenters. The number of nitrogens with zero attached hydrogens (tertiary/aromatic N) is 1. The van der Waals surface area contributed by atoms with E-state index in [0.29, 0.717) is 6.61 Å². The molecule has 0 bridgehead atoms. The van der Waals surface area contributed by atoms with Crippen LogP contribution in [-0.2, 0) is 9.53 Å². The Morgan fingerprint density at radius 2 is 1.86 bits per heavy atom. The van der Waals surface area contributed by atoms with E-state index in [-0.39, 0.29) is 17.9 Å². The molecule has 0 spiro atoms. The largest absolute Gasteiger partial charge is 0.490 e. The number of likely N-dealkylation sites (tertiary alicyclic amines) is 1. The molecule has 2 aliphatic heterocycles. The van der Waals surface area contributed by atoms with Gasteiger partial charge in [0.15, 0.2) is 0 Å². The van der Waals surface area contributed by atoms with Gasteiger partial charge in [0, 0.05) is 32.5 Å². The number of aryl methyl sites for hydroxylation is 2. The Morgan fingerprint density at radius 3 is 2.45 bits per heavy atom. The van der Waals surface area contributed by atoms with Crippen molar-refractivity contribution in [3.63, 3.8) is 0 Å². The maximum absolute atomic E-state index is 12.4. The molecule has 2 fully saturated rings. The number of rotatable bonds is 3. The number of para-hydroxylation sites is 1. The first-order chi connectivity index (χ1) is 10.6. The minimum Gasteiger partial charge on any atom is -0.490 e. The number of ether oxygens (including phenoxy) is 2. The Balaban J connectivity index is 1.54. The third-order valence-electron chi connectivity index (χ3n) is 4.73. The molecule has 1 aromatic rings. The first kappa shape index (κ1) is 15.3. The Labute approximate surface area is 132 Å². The highest BCUT2D eigenvalue weighted by Gasteiger charge is 2.31. The molecule has 2 heterocycles. The lowest BCUT2D eigenvalue weighted by Crippen LogP contribution is -2.44. The Morgan fingerprint density at radius 1 is 1.18 bits per heavy atom. The highest BCUT2D eigenvalue weighted by atomic mass is 16.5. The van der Waals surface area contributed by atoms with Crippen molar-refractivity contribution in [1.82, 2.24) is 4.90 Å². The monoisotopic (exact) mass is 303 g/mol. The normalized spacial score (nSPS) is 22.8. The van der Waals surface area contributed by atoms with Crippen LogP contribution in [0.15, 0.2) is 18.2 Å². The fourth-order valence-electron chi connectivity index (χ4n) is 3.33. The van der Waals surface area contributed by atoms with Gasteiger partial charge in [-0.1, -0.05) is 18.2 Å². The number of hydrogen-bond acceptors (Lipinski definition) is 3. The second-order valence-electron chi connectivity index (χ2n) is 6.42. The first-order valence-electron chi connectivity index (χ1n) is 8.24. The van der Waals surface area contributed by atoms with Crippen LogP contribution in [0.5, 0.6) is 5.75 Å². The maximum atomic E-state index is 12.4. The summed E-state index contributed by atoms with van der Waals surface area (Å²) in [4.78, 5) is 14.4. The van der Waals surface area contributed by atoms with Gasteiger partial charge in [-0.15, -0.1) is 0 Å². The van der Waals surface area contributed by atoms with Crippen molar-refractivity contribution in [2.24, 2.45) is 5.92 Å². The molecule has 4 nitrogen and oxygen atoms in total. The molecule has 1 unspecified atom stereocenters. The molecule has 1 aromatic carbocycles. The molecule has 1 amide bonds. The lowest BCUT2D eigenvalue weighted by molar-refractivity contribution is -0.137. The quantitative estimate of drug-likeness (QED) is 0.862. The van der Waals surface area contributed by atoms with Crippen LogP contribution in [-0.4, -0.2) is 43.2 Å². The summed E-state index contributed by atoms with van der Waals surface area (Å²) < 4.78 is 11.5. The van der Waals surface area contributed by atoms with Gasteiger partial charge in [-0.05, 0) is 31.4 Å². The van der Waals surface area contributed by atoms with Crippen LogP contribution in [0.2, 0.25) is 0 Å². The van der Waals surface area contributed by atoms with Crippen LogP contribution in [0.4, 0.5) is 0 Å². The zero-order valence-corrected chi connectivity index (χ0v) is 13.5. The second kappa shape index (κ2) is 6.69. The average molecular weight is 303 g/mol. The molecule has 22 heavy (non-hydrogen) atoms. The van der Waals surface area contributed by atoms with Crippen molar-refractivity contribution >= 4 is 5.91 Å². The van der Waals surface area contributed by atoms with Crippen molar-refractivity contribution in [3.05, 3.63) is 29.3 Å². The van der Waals surface area contributed by atoms with Crippen molar-refractivity contribution in [2.75, 3.05) is 26.3 Å². The zero-order chi connectivity index (χ0) is 15.5. The summed E-state index contributed by atoms with van der Waals surface area (Å²) in [5.74, 6) is 1.36. The summed E-state index contributed by atoms with van der Waals surface area (Å²) in [5.41, 5.74) is 2.36. The fraction of sp³-hybridized carbons (Fsp3) is 0.611. The topological polar surface area (TPSA) is 38.8 Å². The van der Waals surface area contributed by atoms with E-state index in [2.05, 4.69) is 32.0 Å². The number of carbonyl (C=O) groups is 1. The van der Waals surface area contributed by atoms with Gasteiger partial charge < -0.3 is 14.4 Å². The Hall–Kier alpha value is -1.55. The Kier molecular flexibility index (Phi) is 4.67. The van der Waals surface area contributed by atoms with Gasteiger partial charge in [-0.25, -0.2) is 0 Å². The predicted molar refractivity (Wildman–Crippen MR) is 85.1 cm³/mol. The molecular formula is C18H25NO3. The number of benzene rings is 1. The van der Waals surface area contributed by atoms with E-state index >= 15 is 0 Å². The van der Waals surface area contributed by atoms with Gasteiger partial charge in [-0.3, -0.25) is 4.79 Å².